The van der Waals surface area contributed by atoms with Crippen LogP contribution in [0.25, 0.3) is 0 Å². The predicted octanol–water partition coefficient (Wildman–Crippen LogP) is 2.40. The van der Waals surface area contributed by atoms with Crippen LogP contribution in [0.15, 0.2) is 23.6 Å². The Kier molecular flexibility index (Phi) is 9.62. The van der Waals surface area contributed by atoms with Crippen molar-refractivity contribution in [1.82, 2.24) is 0 Å². The van der Waals surface area contributed by atoms with Crippen molar-refractivity contribution in [2.45, 2.75) is 39.7 Å². The fourth-order valence-corrected chi connectivity index (χ4v) is 6.87. The van der Waals surface area contributed by atoms with Gasteiger partial charge in [0.1, 0.15) is 0 Å². The van der Waals surface area contributed by atoms with Gasteiger partial charge >= 0.3 is 5.97 Å². The number of ether oxygens (including phenoxy) is 2. The molecule has 0 unspecified atom stereocenters. The van der Waals surface area contributed by atoms with E-state index in [0.29, 0.717) is 21.6 Å². The summed E-state index contributed by atoms with van der Waals surface area (Å²) in [7, 11) is -3.01. The molecule has 0 aliphatic carbocycles. The van der Waals surface area contributed by atoms with Gasteiger partial charge in [-0.05, 0) is 44.5 Å². The monoisotopic (exact) mass is 374 g/mol. The molecule has 9 heteroatoms. The molecule has 0 atom stereocenters. The second kappa shape index (κ2) is 9.75. The summed E-state index contributed by atoms with van der Waals surface area (Å²) in [6.07, 6.45) is 0.394. The largest absolute Gasteiger partial charge is 0.453 e. The zero-order chi connectivity index (χ0) is 17.4. The van der Waals surface area contributed by atoms with E-state index in [1.54, 1.807) is 6.92 Å². The summed E-state index contributed by atoms with van der Waals surface area (Å²) in [5.41, 5.74) is 0.357. The number of hydrogen-bond donors (Lipinski definition) is 0. The van der Waals surface area contributed by atoms with Gasteiger partial charge in [0.15, 0.2) is 23.4 Å². The van der Waals surface area contributed by atoms with Gasteiger partial charge in [0, 0.05) is 5.57 Å². The molecule has 5 nitrogen and oxygen atoms in total. The van der Waals surface area contributed by atoms with E-state index >= 15 is 0 Å². The lowest BCUT2D eigenvalue weighted by molar-refractivity contribution is -0.150. The van der Waals surface area contributed by atoms with Crippen molar-refractivity contribution in [2.75, 3.05) is 13.0 Å². The molecule has 4 radical (unpaired) electrons. The van der Waals surface area contributed by atoms with Gasteiger partial charge in [-0.25, -0.2) is 4.79 Å². The maximum atomic E-state index is 11.1. The third-order valence-electron chi connectivity index (χ3n) is 2.32. The molecule has 0 aromatic heterocycles. The summed E-state index contributed by atoms with van der Waals surface area (Å²) in [4.78, 5) is 12.2. The lowest BCUT2D eigenvalue weighted by Crippen LogP contribution is -2.41. The average molecular weight is 375 g/mol. The van der Waals surface area contributed by atoms with Crippen molar-refractivity contribution in [3.63, 3.8) is 0 Å². The average Bonchev–Trinajstić information content (AvgIpc) is 2.38. The van der Waals surface area contributed by atoms with Crippen LogP contribution in [-0.4, -0.2) is 55.2 Å². The van der Waals surface area contributed by atoms with Gasteiger partial charge in [-0.2, -0.15) is 0 Å². The molecular weight excluding hydrogens is 348 g/mol. The number of hydrogen-bond acceptors (Lipinski definition) is 5. The minimum atomic E-state index is -1.98. The standard InChI is InChI=1S/C13H26O5Si4/c1-11(2)13(14)16-9-15-10-19-17-22(7,8)12(3)20-18-21(4,5)6/h1,3,9-10H2,2,4-8H3. The van der Waals surface area contributed by atoms with Crippen LogP contribution in [-0.2, 0) is 22.5 Å². The lowest BCUT2D eigenvalue weighted by atomic mass is 10.4. The van der Waals surface area contributed by atoms with Gasteiger partial charge in [0.05, 0.1) is 6.23 Å². The van der Waals surface area contributed by atoms with Gasteiger partial charge in [-0.15, -0.1) is 6.58 Å². The van der Waals surface area contributed by atoms with Crippen LogP contribution in [0.5, 0.6) is 0 Å². The molecule has 0 spiro atoms. The van der Waals surface area contributed by atoms with E-state index in [2.05, 4.69) is 45.9 Å². The molecule has 0 N–H and O–H groups in total. The number of carbonyl (C=O) groups excluding carboxylic acids is 1. The SMILES string of the molecule is C=C(C)C(=O)OCOC[Si]O[Si](C)(C)C(=C)[Si]O[Si](C)(C)C. The van der Waals surface area contributed by atoms with Crippen LogP contribution in [0.4, 0.5) is 0 Å². The van der Waals surface area contributed by atoms with E-state index in [-0.39, 0.29) is 16.6 Å². The fourth-order valence-electron chi connectivity index (χ4n) is 0.911. The van der Waals surface area contributed by atoms with E-state index in [1.807, 2.05) is 0 Å². The first-order valence-electron chi connectivity index (χ1n) is 6.90. The van der Waals surface area contributed by atoms with E-state index in [1.165, 1.54) is 0 Å². The van der Waals surface area contributed by atoms with Crippen molar-refractivity contribution in [3.8, 4) is 0 Å². The van der Waals surface area contributed by atoms with Crippen LogP contribution in [0.1, 0.15) is 6.92 Å². The first-order chi connectivity index (χ1) is 9.96. The quantitative estimate of drug-likeness (QED) is 0.183. The first kappa shape index (κ1) is 21.7. The molecule has 0 heterocycles. The smallest absolute Gasteiger partial charge is 0.335 e. The summed E-state index contributed by atoms with van der Waals surface area (Å²) in [5.74, 6) is -0.447. The Morgan fingerprint density at radius 2 is 1.68 bits per heavy atom. The molecule has 0 rings (SSSR count). The second-order valence-electron chi connectivity index (χ2n) is 6.23. The highest BCUT2D eigenvalue weighted by Gasteiger charge is 2.29. The molecule has 0 aliphatic heterocycles. The molecule has 0 fully saturated rings. The normalized spacial score (nSPS) is 12.1. The molecule has 0 aromatic rings. The molecule has 0 amide bonds. The molecule has 22 heavy (non-hydrogen) atoms. The Hall–Kier alpha value is -0.302. The minimum absolute atomic E-state index is 0.0779. The third kappa shape index (κ3) is 10.4. The van der Waals surface area contributed by atoms with Crippen LogP contribution in [0.3, 0.4) is 0 Å². The first-order valence-corrected chi connectivity index (χ1v) is 15.2. The van der Waals surface area contributed by atoms with E-state index < -0.39 is 22.6 Å². The van der Waals surface area contributed by atoms with Crippen LogP contribution in [0, 0.1) is 0 Å². The van der Waals surface area contributed by atoms with Gasteiger partial charge in [-0.3, -0.25) is 0 Å². The van der Waals surface area contributed by atoms with Gasteiger partial charge in [0.25, 0.3) is 0 Å². The van der Waals surface area contributed by atoms with Crippen molar-refractivity contribution >= 4 is 42.1 Å². The molecule has 0 aromatic carbocycles. The van der Waals surface area contributed by atoms with Gasteiger partial charge in [0.2, 0.25) is 19.5 Å². The van der Waals surface area contributed by atoms with Crippen molar-refractivity contribution in [2.24, 2.45) is 0 Å². The Bertz CT molecular complexity index is 404. The second-order valence-corrected chi connectivity index (χ2v) is 17.6. The van der Waals surface area contributed by atoms with Gasteiger partial charge < -0.3 is 17.7 Å². The van der Waals surface area contributed by atoms with Crippen molar-refractivity contribution < 1.29 is 22.5 Å². The highest BCUT2D eigenvalue weighted by atomic mass is 28.4. The number of carbonyl (C=O) groups is 1. The van der Waals surface area contributed by atoms with Crippen molar-refractivity contribution in [3.05, 3.63) is 23.6 Å². The van der Waals surface area contributed by atoms with Crippen LogP contribution >= 0.6 is 0 Å². The zero-order valence-electron chi connectivity index (χ0n) is 14.4. The Labute approximate surface area is 141 Å². The summed E-state index contributed by atoms with van der Waals surface area (Å²) in [6.45, 7) is 19.8. The van der Waals surface area contributed by atoms with E-state index in [4.69, 9.17) is 17.7 Å². The highest BCUT2D eigenvalue weighted by Crippen LogP contribution is 2.15. The number of esters is 1. The topological polar surface area (TPSA) is 54.0 Å². The Morgan fingerprint density at radius 1 is 1.09 bits per heavy atom. The summed E-state index contributed by atoms with van der Waals surface area (Å²) < 4.78 is 21.9. The summed E-state index contributed by atoms with van der Waals surface area (Å²) in [5, 5.41) is 0. The highest BCUT2D eigenvalue weighted by molar-refractivity contribution is 6.92. The van der Waals surface area contributed by atoms with Gasteiger partial charge in [-0.1, -0.05) is 6.58 Å². The van der Waals surface area contributed by atoms with E-state index in [9.17, 15) is 4.79 Å². The van der Waals surface area contributed by atoms with Crippen LogP contribution in [0.2, 0.25) is 32.7 Å². The van der Waals surface area contributed by atoms with Crippen LogP contribution < -0.4 is 0 Å². The predicted molar refractivity (Wildman–Crippen MR) is 95.4 cm³/mol. The maximum Gasteiger partial charge on any atom is 0.335 e. The fraction of sp³-hybridized carbons (Fsp3) is 0.615. The maximum absolute atomic E-state index is 11.1. The molecule has 124 valence electrons. The Morgan fingerprint density at radius 3 is 2.18 bits per heavy atom. The van der Waals surface area contributed by atoms with E-state index in [0.717, 1.165) is 4.82 Å². The molecule has 0 saturated carbocycles. The summed E-state index contributed by atoms with van der Waals surface area (Å²) >= 11 is 0. The summed E-state index contributed by atoms with van der Waals surface area (Å²) in [6, 6.07) is 0. The third-order valence-corrected chi connectivity index (χ3v) is 11.9. The zero-order valence-corrected chi connectivity index (χ0v) is 18.4. The molecule has 0 aliphatic rings. The Balaban J connectivity index is 3.90. The number of rotatable bonds is 11. The molecule has 0 saturated heterocycles. The molecule has 0 bridgehead atoms. The lowest BCUT2D eigenvalue weighted by Gasteiger charge is -2.27. The minimum Gasteiger partial charge on any atom is -0.453 e. The molecular formula is C13H26O5Si4. The van der Waals surface area contributed by atoms with Crippen molar-refractivity contribution in [1.29, 1.82) is 0 Å².